The number of thiophene rings is 1. The lowest BCUT2D eigenvalue weighted by Crippen LogP contribution is -2.31. The van der Waals surface area contributed by atoms with E-state index in [1.54, 1.807) is 6.08 Å². The van der Waals surface area contributed by atoms with Gasteiger partial charge in [-0.2, -0.15) is 11.3 Å². The van der Waals surface area contributed by atoms with Crippen LogP contribution in [0.2, 0.25) is 0 Å². The van der Waals surface area contributed by atoms with Crippen LogP contribution < -0.4 is 5.32 Å². The topological polar surface area (TPSA) is 58.6 Å². The minimum Gasteiger partial charge on any atom is -0.488 e. The van der Waals surface area contributed by atoms with Crippen LogP contribution in [0.3, 0.4) is 0 Å². The molecule has 1 aromatic heterocycles. The van der Waals surface area contributed by atoms with Gasteiger partial charge in [-0.05, 0) is 41.3 Å². The standard InChI is InChI=1S/C12H15NO3S/c14-10(9-4-6-17-8-9)7-13-12(15)11-3-1-2-5-16-11/h3-4,6,8,10,14H,1-2,5,7H2,(H,13,15)/t10-/m0/s1. The van der Waals surface area contributed by atoms with Crippen LogP contribution in [0, 0.1) is 0 Å². The van der Waals surface area contributed by atoms with Crippen molar-refractivity contribution in [3.8, 4) is 0 Å². The Morgan fingerprint density at radius 3 is 3.18 bits per heavy atom. The van der Waals surface area contributed by atoms with Crippen LogP contribution in [0.15, 0.2) is 28.7 Å². The van der Waals surface area contributed by atoms with Crippen LogP contribution in [-0.2, 0) is 9.53 Å². The molecule has 1 aliphatic rings. The van der Waals surface area contributed by atoms with Gasteiger partial charge in [0, 0.05) is 6.54 Å². The van der Waals surface area contributed by atoms with E-state index in [1.165, 1.54) is 11.3 Å². The summed E-state index contributed by atoms with van der Waals surface area (Å²) in [5.41, 5.74) is 0.828. The number of amides is 1. The van der Waals surface area contributed by atoms with Gasteiger partial charge in [0.15, 0.2) is 5.76 Å². The molecule has 0 aliphatic carbocycles. The number of aliphatic hydroxyl groups excluding tert-OH is 1. The predicted molar refractivity (Wildman–Crippen MR) is 65.6 cm³/mol. The maximum atomic E-state index is 11.7. The molecule has 17 heavy (non-hydrogen) atoms. The lowest BCUT2D eigenvalue weighted by Gasteiger charge is -2.15. The Labute approximate surface area is 104 Å². The van der Waals surface area contributed by atoms with Crippen molar-refractivity contribution < 1.29 is 14.6 Å². The van der Waals surface area contributed by atoms with Gasteiger partial charge in [-0.3, -0.25) is 4.79 Å². The first-order valence-corrected chi connectivity index (χ1v) is 6.53. The molecule has 0 spiro atoms. The molecule has 1 aromatic rings. The molecular formula is C12H15NO3S. The fraction of sp³-hybridized carbons (Fsp3) is 0.417. The summed E-state index contributed by atoms with van der Waals surface area (Å²) < 4.78 is 5.23. The molecule has 0 bridgehead atoms. The second-order valence-corrected chi connectivity index (χ2v) is 4.62. The molecular weight excluding hydrogens is 238 g/mol. The first-order valence-electron chi connectivity index (χ1n) is 5.58. The van der Waals surface area contributed by atoms with Crippen LogP contribution in [0.25, 0.3) is 0 Å². The first kappa shape index (κ1) is 12.1. The minimum absolute atomic E-state index is 0.205. The maximum absolute atomic E-state index is 11.7. The zero-order chi connectivity index (χ0) is 12.1. The van der Waals surface area contributed by atoms with E-state index < -0.39 is 6.10 Å². The monoisotopic (exact) mass is 253 g/mol. The smallest absolute Gasteiger partial charge is 0.286 e. The van der Waals surface area contributed by atoms with Crippen molar-refractivity contribution in [2.45, 2.75) is 18.9 Å². The van der Waals surface area contributed by atoms with Crippen molar-refractivity contribution in [1.82, 2.24) is 5.32 Å². The highest BCUT2D eigenvalue weighted by Crippen LogP contribution is 2.15. The number of carbonyl (C=O) groups is 1. The van der Waals surface area contributed by atoms with E-state index in [0.717, 1.165) is 18.4 Å². The van der Waals surface area contributed by atoms with Gasteiger partial charge >= 0.3 is 0 Å². The van der Waals surface area contributed by atoms with Crippen LogP contribution in [0.4, 0.5) is 0 Å². The normalized spacial score (nSPS) is 16.9. The number of hydrogen-bond donors (Lipinski definition) is 2. The Kier molecular flexibility index (Phi) is 4.17. The van der Waals surface area contributed by atoms with Crippen LogP contribution in [0.1, 0.15) is 24.5 Å². The zero-order valence-electron chi connectivity index (χ0n) is 9.39. The van der Waals surface area contributed by atoms with Gasteiger partial charge < -0.3 is 15.2 Å². The van der Waals surface area contributed by atoms with Gasteiger partial charge in [0.25, 0.3) is 5.91 Å². The van der Waals surface area contributed by atoms with Gasteiger partial charge in [-0.15, -0.1) is 0 Å². The number of hydrogen-bond acceptors (Lipinski definition) is 4. The summed E-state index contributed by atoms with van der Waals surface area (Å²) in [5.74, 6) is 0.118. The SMILES string of the molecule is O=C(NC[C@H](O)c1ccsc1)C1=CCCCO1. The Morgan fingerprint density at radius 2 is 2.53 bits per heavy atom. The lowest BCUT2D eigenvalue weighted by atomic mass is 10.2. The maximum Gasteiger partial charge on any atom is 0.286 e. The molecule has 0 fully saturated rings. The van der Waals surface area contributed by atoms with E-state index in [2.05, 4.69) is 5.32 Å². The molecule has 0 saturated heterocycles. The summed E-state index contributed by atoms with van der Waals surface area (Å²) >= 11 is 1.52. The van der Waals surface area contributed by atoms with E-state index >= 15 is 0 Å². The largest absolute Gasteiger partial charge is 0.488 e. The van der Waals surface area contributed by atoms with Gasteiger partial charge in [0.2, 0.25) is 0 Å². The highest BCUT2D eigenvalue weighted by atomic mass is 32.1. The molecule has 2 rings (SSSR count). The van der Waals surface area contributed by atoms with E-state index in [-0.39, 0.29) is 12.5 Å². The molecule has 1 amide bonds. The number of allylic oxidation sites excluding steroid dienone is 1. The second kappa shape index (κ2) is 5.84. The van der Waals surface area contributed by atoms with Crippen molar-refractivity contribution in [3.05, 3.63) is 34.2 Å². The quantitative estimate of drug-likeness (QED) is 0.856. The molecule has 0 saturated carbocycles. The molecule has 1 atom stereocenters. The number of carbonyl (C=O) groups excluding carboxylic acids is 1. The molecule has 1 aliphatic heterocycles. The fourth-order valence-electron chi connectivity index (χ4n) is 1.57. The third-order valence-electron chi connectivity index (χ3n) is 2.54. The molecule has 2 N–H and O–H groups in total. The number of nitrogens with one attached hydrogen (secondary N) is 1. The summed E-state index contributed by atoms with van der Waals surface area (Å²) in [6, 6.07) is 1.85. The van der Waals surface area contributed by atoms with E-state index in [0.29, 0.717) is 12.4 Å². The molecule has 0 aromatic carbocycles. The minimum atomic E-state index is -0.658. The first-order chi connectivity index (χ1) is 8.27. The van der Waals surface area contributed by atoms with Crippen LogP contribution in [-0.4, -0.2) is 24.2 Å². The Bertz CT molecular complexity index is 400. The highest BCUT2D eigenvalue weighted by molar-refractivity contribution is 7.07. The summed E-state index contributed by atoms with van der Waals surface area (Å²) in [4.78, 5) is 11.7. The van der Waals surface area contributed by atoms with Crippen molar-refractivity contribution in [2.24, 2.45) is 0 Å². The summed E-state index contributed by atoms with van der Waals surface area (Å²) in [6.45, 7) is 0.794. The van der Waals surface area contributed by atoms with Gasteiger partial charge in [-0.1, -0.05) is 0 Å². The highest BCUT2D eigenvalue weighted by Gasteiger charge is 2.15. The summed E-state index contributed by atoms with van der Waals surface area (Å²) in [7, 11) is 0. The molecule has 5 heteroatoms. The molecule has 0 unspecified atom stereocenters. The van der Waals surface area contributed by atoms with E-state index in [4.69, 9.17) is 4.74 Å². The van der Waals surface area contributed by atoms with Crippen molar-refractivity contribution >= 4 is 17.2 Å². The van der Waals surface area contributed by atoms with Gasteiger partial charge in [0.1, 0.15) is 0 Å². The molecule has 0 radical (unpaired) electrons. The lowest BCUT2D eigenvalue weighted by molar-refractivity contribution is -0.121. The third kappa shape index (κ3) is 3.31. The number of ether oxygens (including phenoxy) is 1. The Morgan fingerprint density at radius 1 is 1.65 bits per heavy atom. The molecule has 92 valence electrons. The fourth-order valence-corrected chi connectivity index (χ4v) is 2.28. The van der Waals surface area contributed by atoms with Gasteiger partial charge in [-0.25, -0.2) is 0 Å². The molecule has 2 heterocycles. The summed E-state index contributed by atoms with van der Waals surface area (Å²) in [5, 5.41) is 16.2. The molecule has 4 nitrogen and oxygen atoms in total. The average molecular weight is 253 g/mol. The van der Waals surface area contributed by atoms with Crippen molar-refractivity contribution in [1.29, 1.82) is 0 Å². The van der Waals surface area contributed by atoms with Crippen molar-refractivity contribution in [3.63, 3.8) is 0 Å². The van der Waals surface area contributed by atoms with E-state index in [1.807, 2.05) is 16.8 Å². The van der Waals surface area contributed by atoms with Crippen molar-refractivity contribution in [2.75, 3.05) is 13.2 Å². The average Bonchev–Trinajstić information content (AvgIpc) is 2.90. The van der Waals surface area contributed by atoms with E-state index in [9.17, 15) is 9.90 Å². The number of aliphatic hydroxyl groups is 1. The Balaban J connectivity index is 1.82. The third-order valence-corrected chi connectivity index (χ3v) is 3.24. The van der Waals surface area contributed by atoms with Crippen LogP contribution >= 0.6 is 11.3 Å². The Hall–Kier alpha value is -1.33. The predicted octanol–water partition coefficient (Wildman–Crippen LogP) is 1.59. The van der Waals surface area contributed by atoms with Crippen LogP contribution in [0.5, 0.6) is 0 Å². The van der Waals surface area contributed by atoms with Gasteiger partial charge in [0.05, 0.1) is 12.7 Å². The summed E-state index contributed by atoms with van der Waals surface area (Å²) in [6.07, 6.45) is 2.95. The zero-order valence-corrected chi connectivity index (χ0v) is 10.2. The number of rotatable bonds is 4. The second-order valence-electron chi connectivity index (χ2n) is 3.84.